The van der Waals surface area contributed by atoms with E-state index in [1.54, 1.807) is 35.4 Å². The number of nitrogens with zero attached hydrogens (tertiary/aromatic N) is 2. The third kappa shape index (κ3) is 4.49. The van der Waals surface area contributed by atoms with Gasteiger partial charge < -0.3 is 10.1 Å². The van der Waals surface area contributed by atoms with Crippen LogP contribution >= 0.6 is 0 Å². The lowest BCUT2D eigenvalue weighted by atomic mass is 9.92. The van der Waals surface area contributed by atoms with Crippen LogP contribution in [-0.2, 0) is 4.79 Å². The van der Waals surface area contributed by atoms with Gasteiger partial charge in [-0.1, -0.05) is 66.7 Å². The van der Waals surface area contributed by atoms with E-state index in [1.807, 2.05) is 85.8 Å². The Morgan fingerprint density at radius 1 is 0.889 bits per heavy atom. The van der Waals surface area contributed by atoms with Crippen LogP contribution < -0.4 is 15.0 Å². The Hall–Kier alpha value is -4.71. The van der Waals surface area contributed by atoms with Crippen LogP contribution in [0.3, 0.4) is 0 Å². The first kappa shape index (κ1) is 23.1. The highest BCUT2D eigenvalue weighted by Crippen LogP contribution is 2.42. The van der Waals surface area contributed by atoms with Gasteiger partial charge in [0.2, 0.25) is 0 Å². The summed E-state index contributed by atoms with van der Waals surface area (Å²) in [4.78, 5) is 34.0. The lowest BCUT2D eigenvalue weighted by Crippen LogP contribution is -2.32. The minimum atomic E-state index is -0.647. The topological polar surface area (TPSA) is 71.5 Å². The quantitative estimate of drug-likeness (QED) is 0.325. The summed E-state index contributed by atoms with van der Waals surface area (Å²) in [6.07, 6.45) is 1.64. The average molecular weight is 476 g/mol. The van der Waals surface area contributed by atoms with E-state index < -0.39 is 6.04 Å². The van der Waals surface area contributed by atoms with Crippen LogP contribution in [0.5, 0.6) is 5.75 Å². The first-order valence-corrected chi connectivity index (χ1v) is 11.8. The van der Waals surface area contributed by atoms with Crippen LogP contribution in [0.15, 0.2) is 121 Å². The van der Waals surface area contributed by atoms with Crippen molar-refractivity contribution in [2.24, 2.45) is 0 Å². The molecule has 2 heterocycles. The van der Waals surface area contributed by atoms with Gasteiger partial charge in [0.15, 0.2) is 5.78 Å². The first-order valence-electron chi connectivity index (χ1n) is 11.8. The van der Waals surface area contributed by atoms with Crippen molar-refractivity contribution >= 4 is 23.2 Å². The maximum absolute atomic E-state index is 14.0. The second-order valence-corrected chi connectivity index (χ2v) is 8.24. The predicted octanol–water partition coefficient (Wildman–Crippen LogP) is 5.82. The number of ketones is 1. The van der Waals surface area contributed by atoms with Gasteiger partial charge >= 0.3 is 0 Å². The smallest absolute Gasteiger partial charge is 0.277 e. The summed E-state index contributed by atoms with van der Waals surface area (Å²) in [5.41, 5.74) is 2.61. The molecule has 6 nitrogen and oxygen atoms in total. The number of carbonyl (C=O) groups is 2. The molecule has 0 fully saturated rings. The van der Waals surface area contributed by atoms with E-state index in [4.69, 9.17) is 4.74 Å². The molecule has 1 N–H and O–H groups in total. The summed E-state index contributed by atoms with van der Waals surface area (Å²) in [5.74, 6) is 0.659. The third-order valence-electron chi connectivity index (χ3n) is 5.96. The number of pyridine rings is 1. The van der Waals surface area contributed by atoms with Gasteiger partial charge in [-0.3, -0.25) is 14.5 Å². The summed E-state index contributed by atoms with van der Waals surface area (Å²) in [5, 5.41) is 3.24. The Morgan fingerprint density at radius 2 is 1.56 bits per heavy atom. The van der Waals surface area contributed by atoms with E-state index in [2.05, 4.69) is 10.3 Å². The second-order valence-electron chi connectivity index (χ2n) is 8.24. The zero-order valence-corrected chi connectivity index (χ0v) is 19.8. The number of anilines is 2. The van der Waals surface area contributed by atoms with Crippen molar-refractivity contribution in [1.82, 2.24) is 4.98 Å². The van der Waals surface area contributed by atoms with E-state index in [0.717, 1.165) is 11.3 Å². The molecular formula is C30H25N3O3. The van der Waals surface area contributed by atoms with E-state index in [1.165, 1.54) is 0 Å². The highest BCUT2D eigenvalue weighted by molar-refractivity contribution is 6.22. The molecular weight excluding hydrogens is 450 g/mol. The molecule has 1 atom stereocenters. The number of amides is 1. The van der Waals surface area contributed by atoms with Crippen LogP contribution in [0.4, 0.5) is 11.5 Å². The molecule has 4 aromatic rings. The number of rotatable bonds is 8. The normalized spacial score (nSPS) is 15.2. The van der Waals surface area contributed by atoms with Crippen LogP contribution in [-0.4, -0.2) is 23.3 Å². The van der Waals surface area contributed by atoms with Gasteiger partial charge in [-0.2, -0.15) is 0 Å². The van der Waals surface area contributed by atoms with Crippen molar-refractivity contribution in [2.45, 2.75) is 13.0 Å². The Labute approximate surface area is 209 Å². The van der Waals surface area contributed by atoms with Gasteiger partial charge in [0, 0.05) is 17.4 Å². The number of hydrogen-bond donors (Lipinski definition) is 1. The van der Waals surface area contributed by atoms with Crippen molar-refractivity contribution in [3.05, 3.63) is 132 Å². The highest BCUT2D eigenvalue weighted by Gasteiger charge is 2.45. The lowest BCUT2D eigenvalue weighted by molar-refractivity contribution is -0.114. The molecule has 1 amide bonds. The number of nitrogens with one attached hydrogen (secondary N) is 1. The molecule has 0 radical (unpaired) electrons. The largest absolute Gasteiger partial charge is 0.494 e. The summed E-state index contributed by atoms with van der Waals surface area (Å²) in [7, 11) is 0. The monoisotopic (exact) mass is 475 g/mol. The third-order valence-corrected chi connectivity index (χ3v) is 5.96. The van der Waals surface area contributed by atoms with Crippen molar-refractivity contribution in [2.75, 3.05) is 16.8 Å². The zero-order valence-electron chi connectivity index (χ0n) is 19.8. The van der Waals surface area contributed by atoms with Gasteiger partial charge in [-0.25, -0.2) is 4.98 Å². The molecule has 0 unspecified atom stereocenters. The number of ether oxygens (including phenoxy) is 1. The van der Waals surface area contributed by atoms with Crippen LogP contribution in [0.2, 0.25) is 0 Å². The van der Waals surface area contributed by atoms with E-state index in [9.17, 15) is 9.59 Å². The maximum atomic E-state index is 14.0. The van der Waals surface area contributed by atoms with Crippen LogP contribution in [0, 0.1) is 0 Å². The van der Waals surface area contributed by atoms with E-state index in [-0.39, 0.29) is 17.4 Å². The summed E-state index contributed by atoms with van der Waals surface area (Å²) < 4.78 is 5.54. The van der Waals surface area contributed by atoms with Crippen molar-refractivity contribution in [3.63, 3.8) is 0 Å². The molecule has 0 saturated heterocycles. The fourth-order valence-electron chi connectivity index (χ4n) is 4.35. The van der Waals surface area contributed by atoms with Crippen molar-refractivity contribution in [3.8, 4) is 5.75 Å². The highest BCUT2D eigenvalue weighted by atomic mass is 16.5. The maximum Gasteiger partial charge on any atom is 0.277 e. The summed E-state index contributed by atoms with van der Waals surface area (Å²) in [6, 6.07) is 30.7. The first-order chi connectivity index (χ1) is 17.7. The Balaban J connectivity index is 1.67. The Kier molecular flexibility index (Phi) is 6.58. The number of benzene rings is 3. The standard InChI is InChI=1S/C30H25N3O3/c1-2-36-24-18-16-23(17-19-24)32-27-26(29(34)22-13-7-4-8-14-22)28(21-11-5-3-6-12-21)33(30(27)35)25-15-9-10-20-31-25/h3-20,28,32H,2H2,1H3/t28-/m0/s1. The number of aromatic nitrogens is 1. The second kappa shape index (κ2) is 10.3. The zero-order chi connectivity index (χ0) is 24.9. The molecule has 6 heteroatoms. The van der Waals surface area contributed by atoms with Gasteiger partial charge in [0.1, 0.15) is 17.3 Å². The van der Waals surface area contributed by atoms with E-state index >= 15 is 0 Å². The Morgan fingerprint density at radius 3 is 2.19 bits per heavy atom. The number of hydrogen-bond acceptors (Lipinski definition) is 5. The van der Waals surface area contributed by atoms with Crippen LogP contribution in [0.25, 0.3) is 0 Å². The molecule has 5 rings (SSSR count). The molecule has 1 aliphatic heterocycles. The molecule has 0 aliphatic carbocycles. The molecule has 1 aliphatic rings. The summed E-state index contributed by atoms with van der Waals surface area (Å²) >= 11 is 0. The van der Waals surface area contributed by atoms with E-state index in [0.29, 0.717) is 29.2 Å². The number of Topliss-reactive ketones (excluding diaryl/α,β-unsaturated/α-hetero) is 1. The summed E-state index contributed by atoms with van der Waals surface area (Å²) in [6.45, 7) is 2.48. The number of carbonyl (C=O) groups excluding carboxylic acids is 2. The van der Waals surface area contributed by atoms with Crippen molar-refractivity contribution in [1.29, 1.82) is 0 Å². The SMILES string of the molecule is CCOc1ccc(NC2=C(C(=O)c3ccccc3)[C@H](c3ccccc3)N(c3ccccn3)C2=O)cc1. The molecule has 1 aromatic heterocycles. The molecule has 0 bridgehead atoms. The predicted molar refractivity (Wildman–Crippen MR) is 140 cm³/mol. The van der Waals surface area contributed by atoms with Crippen molar-refractivity contribution < 1.29 is 14.3 Å². The molecule has 3 aromatic carbocycles. The minimum Gasteiger partial charge on any atom is -0.494 e. The van der Waals surface area contributed by atoms with Gasteiger partial charge in [0.05, 0.1) is 18.2 Å². The lowest BCUT2D eigenvalue weighted by Gasteiger charge is -2.26. The minimum absolute atomic E-state index is 0.218. The molecule has 0 spiro atoms. The fraction of sp³-hybridized carbons (Fsp3) is 0.100. The molecule has 0 saturated carbocycles. The fourth-order valence-corrected chi connectivity index (χ4v) is 4.35. The van der Waals surface area contributed by atoms with Gasteiger partial charge in [-0.15, -0.1) is 0 Å². The molecule has 36 heavy (non-hydrogen) atoms. The van der Waals surface area contributed by atoms with Gasteiger partial charge in [-0.05, 0) is 48.9 Å². The average Bonchev–Trinajstić information content (AvgIpc) is 3.22. The Bertz CT molecular complexity index is 1390. The van der Waals surface area contributed by atoms with Crippen LogP contribution in [0.1, 0.15) is 28.9 Å². The molecule has 178 valence electrons. The van der Waals surface area contributed by atoms with Gasteiger partial charge in [0.25, 0.3) is 5.91 Å².